The van der Waals surface area contributed by atoms with Crippen LogP contribution in [0.1, 0.15) is 11.3 Å². The van der Waals surface area contributed by atoms with E-state index in [9.17, 15) is 0 Å². The third-order valence-electron chi connectivity index (χ3n) is 1.79. The van der Waals surface area contributed by atoms with E-state index in [0.29, 0.717) is 11.5 Å². The molecule has 0 aromatic carbocycles. The fourth-order valence-electron chi connectivity index (χ4n) is 1.03. The third-order valence-corrected chi connectivity index (χ3v) is 1.79. The van der Waals surface area contributed by atoms with E-state index in [0.717, 1.165) is 11.3 Å². The number of aromatic nitrogens is 4. The molecule has 0 bridgehead atoms. The van der Waals surface area contributed by atoms with Crippen molar-refractivity contribution in [3.05, 3.63) is 36.0 Å². The number of rotatable bonds is 1. The summed E-state index contributed by atoms with van der Waals surface area (Å²) in [4.78, 5) is 16.7. The van der Waals surface area contributed by atoms with Crippen LogP contribution in [0.25, 0.3) is 11.5 Å². The fourth-order valence-corrected chi connectivity index (χ4v) is 1.03. The Labute approximate surface area is 82.1 Å². The Morgan fingerprint density at radius 1 is 0.786 bits per heavy atom. The highest BCUT2D eigenvalue weighted by molar-refractivity contribution is 5.46. The van der Waals surface area contributed by atoms with Crippen LogP contribution in [0.15, 0.2) is 24.8 Å². The van der Waals surface area contributed by atoms with Crippen molar-refractivity contribution < 1.29 is 0 Å². The molecule has 0 atom stereocenters. The standard InChI is InChI=1S/C10H10N4/c1-7-3-13-10(14-4-7)9-6-11-8(2)5-12-9/h3-6H,1-2H3. The lowest BCUT2D eigenvalue weighted by atomic mass is 10.3. The van der Waals surface area contributed by atoms with Crippen molar-refractivity contribution in [1.29, 1.82) is 0 Å². The van der Waals surface area contributed by atoms with Gasteiger partial charge in [-0.1, -0.05) is 0 Å². The van der Waals surface area contributed by atoms with Crippen LogP contribution in [0.5, 0.6) is 0 Å². The van der Waals surface area contributed by atoms with Crippen molar-refractivity contribution >= 4 is 0 Å². The van der Waals surface area contributed by atoms with Crippen LogP contribution in [0.2, 0.25) is 0 Å². The van der Waals surface area contributed by atoms with Crippen molar-refractivity contribution in [2.24, 2.45) is 0 Å². The first kappa shape index (κ1) is 8.74. The van der Waals surface area contributed by atoms with Gasteiger partial charge >= 0.3 is 0 Å². The number of hydrogen-bond acceptors (Lipinski definition) is 4. The van der Waals surface area contributed by atoms with E-state index in [2.05, 4.69) is 19.9 Å². The smallest absolute Gasteiger partial charge is 0.179 e. The lowest BCUT2D eigenvalue weighted by Gasteiger charge is -1.98. The highest BCUT2D eigenvalue weighted by Crippen LogP contribution is 2.08. The molecule has 0 radical (unpaired) electrons. The molecule has 0 spiro atoms. The highest BCUT2D eigenvalue weighted by Gasteiger charge is 2.01. The van der Waals surface area contributed by atoms with Crippen molar-refractivity contribution in [2.45, 2.75) is 13.8 Å². The lowest BCUT2D eigenvalue weighted by molar-refractivity contribution is 1.07. The number of hydrogen-bond donors (Lipinski definition) is 0. The maximum Gasteiger partial charge on any atom is 0.179 e. The normalized spacial score (nSPS) is 10.1. The van der Waals surface area contributed by atoms with Crippen LogP contribution in [-0.2, 0) is 0 Å². The molecule has 2 rings (SSSR count). The molecule has 70 valence electrons. The average molecular weight is 186 g/mol. The van der Waals surface area contributed by atoms with Gasteiger partial charge in [0.1, 0.15) is 5.69 Å². The zero-order valence-corrected chi connectivity index (χ0v) is 8.10. The van der Waals surface area contributed by atoms with Crippen molar-refractivity contribution in [1.82, 2.24) is 19.9 Å². The van der Waals surface area contributed by atoms with Gasteiger partial charge in [-0.2, -0.15) is 0 Å². The fraction of sp³-hybridized carbons (Fsp3) is 0.200. The predicted octanol–water partition coefficient (Wildman–Crippen LogP) is 1.55. The highest BCUT2D eigenvalue weighted by atomic mass is 14.9. The summed E-state index contributed by atoms with van der Waals surface area (Å²) >= 11 is 0. The molecule has 0 saturated carbocycles. The van der Waals surface area contributed by atoms with Crippen LogP contribution in [0.4, 0.5) is 0 Å². The Kier molecular flexibility index (Phi) is 2.18. The van der Waals surface area contributed by atoms with E-state index in [1.54, 1.807) is 24.8 Å². The summed E-state index contributed by atoms with van der Waals surface area (Å²) in [6.45, 7) is 3.84. The molecule has 0 amide bonds. The van der Waals surface area contributed by atoms with E-state index in [1.165, 1.54) is 0 Å². The van der Waals surface area contributed by atoms with Gasteiger partial charge < -0.3 is 0 Å². The summed E-state index contributed by atoms with van der Waals surface area (Å²) in [7, 11) is 0. The Morgan fingerprint density at radius 2 is 1.50 bits per heavy atom. The molecule has 0 aliphatic rings. The topological polar surface area (TPSA) is 51.6 Å². The zero-order valence-electron chi connectivity index (χ0n) is 8.10. The van der Waals surface area contributed by atoms with Crippen LogP contribution in [-0.4, -0.2) is 19.9 Å². The molecule has 0 aliphatic carbocycles. The zero-order chi connectivity index (χ0) is 9.97. The van der Waals surface area contributed by atoms with Gasteiger partial charge in [0.05, 0.1) is 11.9 Å². The Hall–Kier alpha value is -1.84. The van der Waals surface area contributed by atoms with Gasteiger partial charge in [-0.25, -0.2) is 15.0 Å². The second-order valence-corrected chi connectivity index (χ2v) is 3.13. The second kappa shape index (κ2) is 3.49. The van der Waals surface area contributed by atoms with Crippen molar-refractivity contribution in [3.63, 3.8) is 0 Å². The molecule has 2 heterocycles. The summed E-state index contributed by atoms with van der Waals surface area (Å²) < 4.78 is 0. The summed E-state index contributed by atoms with van der Waals surface area (Å²) in [6.07, 6.45) is 6.92. The van der Waals surface area contributed by atoms with Crippen LogP contribution in [0, 0.1) is 13.8 Å². The first-order chi connectivity index (χ1) is 6.75. The molecule has 4 heteroatoms. The molecule has 2 aromatic heterocycles. The minimum absolute atomic E-state index is 0.614. The number of aryl methyl sites for hydroxylation is 2. The van der Waals surface area contributed by atoms with Gasteiger partial charge in [0.2, 0.25) is 0 Å². The SMILES string of the molecule is Cc1cnc(-c2cnc(C)cn2)nc1. The van der Waals surface area contributed by atoms with Crippen molar-refractivity contribution in [3.8, 4) is 11.5 Å². The molecule has 0 unspecified atom stereocenters. The van der Waals surface area contributed by atoms with Gasteiger partial charge in [-0.05, 0) is 19.4 Å². The van der Waals surface area contributed by atoms with E-state index in [4.69, 9.17) is 0 Å². The largest absolute Gasteiger partial charge is 0.258 e. The minimum Gasteiger partial charge on any atom is -0.258 e. The molecule has 0 saturated heterocycles. The Bertz CT molecular complexity index is 375. The predicted molar refractivity (Wildman–Crippen MR) is 52.5 cm³/mol. The van der Waals surface area contributed by atoms with E-state index >= 15 is 0 Å². The Balaban J connectivity index is 2.40. The maximum absolute atomic E-state index is 4.19. The molecule has 4 nitrogen and oxygen atoms in total. The first-order valence-electron chi connectivity index (χ1n) is 4.33. The summed E-state index contributed by atoms with van der Waals surface area (Å²) in [5, 5.41) is 0. The molecule has 2 aromatic rings. The third kappa shape index (κ3) is 1.74. The van der Waals surface area contributed by atoms with Crippen molar-refractivity contribution in [2.75, 3.05) is 0 Å². The molecule has 0 aliphatic heterocycles. The second-order valence-electron chi connectivity index (χ2n) is 3.13. The molecule has 0 N–H and O–H groups in total. The van der Waals surface area contributed by atoms with Gasteiger partial charge in [0.25, 0.3) is 0 Å². The van der Waals surface area contributed by atoms with Crippen LogP contribution >= 0.6 is 0 Å². The Morgan fingerprint density at radius 3 is 2.07 bits per heavy atom. The summed E-state index contributed by atoms with van der Waals surface area (Å²) in [6, 6.07) is 0. The van der Waals surface area contributed by atoms with Gasteiger partial charge in [0, 0.05) is 18.6 Å². The van der Waals surface area contributed by atoms with E-state index < -0.39 is 0 Å². The van der Waals surface area contributed by atoms with E-state index in [-0.39, 0.29) is 0 Å². The molecular weight excluding hydrogens is 176 g/mol. The molecule has 0 fully saturated rings. The lowest BCUT2D eigenvalue weighted by Crippen LogP contribution is -1.93. The maximum atomic E-state index is 4.19. The van der Waals surface area contributed by atoms with Gasteiger partial charge in [-0.3, -0.25) is 4.98 Å². The summed E-state index contributed by atoms with van der Waals surface area (Å²) in [5.41, 5.74) is 2.63. The van der Waals surface area contributed by atoms with Crippen LogP contribution in [0.3, 0.4) is 0 Å². The average Bonchev–Trinajstić information content (AvgIpc) is 2.21. The van der Waals surface area contributed by atoms with Crippen LogP contribution < -0.4 is 0 Å². The number of nitrogens with zero attached hydrogens (tertiary/aromatic N) is 4. The van der Waals surface area contributed by atoms with Gasteiger partial charge in [0.15, 0.2) is 5.82 Å². The van der Waals surface area contributed by atoms with E-state index in [1.807, 2.05) is 13.8 Å². The summed E-state index contributed by atoms with van der Waals surface area (Å²) in [5.74, 6) is 0.614. The first-order valence-corrected chi connectivity index (χ1v) is 4.33. The van der Waals surface area contributed by atoms with Gasteiger partial charge in [-0.15, -0.1) is 0 Å². The molecular formula is C10H10N4. The molecule has 14 heavy (non-hydrogen) atoms. The quantitative estimate of drug-likeness (QED) is 0.678. The monoisotopic (exact) mass is 186 g/mol. The minimum atomic E-state index is 0.614.